The predicted molar refractivity (Wildman–Crippen MR) is 51.0 cm³/mol. The van der Waals surface area contributed by atoms with Crippen molar-refractivity contribution in [2.45, 2.75) is 0 Å². The minimum atomic E-state index is -1.41. The van der Waals surface area contributed by atoms with Gasteiger partial charge in [0, 0.05) is 0 Å². The highest BCUT2D eigenvalue weighted by Crippen LogP contribution is 2.31. The molecular formula is C5HCl5O2. The van der Waals surface area contributed by atoms with Crippen molar-refractivity contribution in [3.63, 3.8) is 0 Å². The Kier molecular flexibility index (Phi) is 5.37. The maximum Gasteiger partial charge on any atom is 0.348 e. The highest BCUT2D eigenvalue weighted by atomic mass is 35.5. The number of allylic oxidation sites excluding steroid dienone is 2. The molecule has 1 N–H and O–H groups in total. The normalized spacial score (nSPS) is 12.1. The van der Waals surface area contributed by atoms with E-state index in [9.17, 15) is 4.79 Å². The molecular weight excluding hydrogens is 269 g/mol. The van der Waals surface area contributed by atoms with Crippen LogP contribution in [0.5, 0.6) is 0 Å². The molecule has 0 saturated carbocycles. The molecule has 0 bridgehead atoms. The van der Waals surface area contributed by atoms with Gasteiger partial charge in [0.05, 0.1) is 10.1 Å². The van der Waals surface area contributed by atoms with Gasteiger partial charge in [0.15, 0.2) is 0 Å². The third kappa shape index (κ3) is 3.42. The van der Waals surface area contributed by atoms with E-state index in [0.717, 1.165) is 0 Å². The Balaban J connectivity index is 5.06. The number of halogens is 5. The second-order valence-corrected chi connectivity index (χ2v) is 3.59. The fourth-order valence-corrected chi connectivity index (χ4v) is 0.972. The maximum absolute atomic E-state index is 10.2. The van der Waals surface area contributed by atoms with Crippen LogP contribution >= 0.6 is 58.0 Å². The number of rotatable bonds is 2. The summed E-state index contributed by atoms with van der Waals surface area (Å²) in [5.74, 6) is -1.41. The summed E-state index contributed by atoms with van der Waals surface area (Å²) in [6, 6.07) is 0. The van der Waals surface area contributed by atoms with Gasteiger partial charge < -0.3 is 5.11 Å². The van der Waals surface area contributed by atoms with Crippen molar-refractivity contribution in [3.05, 3.63) is 19.6 Å². The molecule has 0 heterocycles. The van der Waals surface area contributed by atoms with Gasteiger partial charge in [-0.1, -0.05) is 58.0 Å². The zero-order valence-corrected chi connectivity index (χ0v) is 9.02. The van der Waals surface area contributed by atoms with E-state index in [4.69, 9.17) is 63.1 Å². The first-order chi connectivity index (χ1) is 5.37. The van der Waals surface area contributed by atoms with Crippen LogP contribution in [0.2, 0.25) is 0 Å². The molecule has 0 atom stereocenters. The van der Waals surface area contributed by atoms with E-state index < -0.39 is 16.0 Å². The van der Waals surface area contributed by atoms with Crippen LogP contribution in [0.3, 0.4) is 0 Å². The van der Waals surface area contributed by atoms with Gasteiger partial charge in [-0.3, -0.25) is 0 Å². The van der Waals surface area contributed by atoms with E-state index in [1.165, 1.54) is 0 Å². The van der Waals surface area contributed by atoms with Gasteiger partial charge in [0.25, 0.3) is 0 Å². The van der Waals surface area contributed by atoms with Gasteiger partial charge in [-0.2, -0.15) is 0 Å². The molecule has 68 valence electrons. The van der Waals surface area contributed by atoms with Crippen molar-refractivity contribution in [2.24, 2.45) is 0 Å². The topological polar surface area (TPSA) is 37.3 Å². The summed E-state index contributed by atoms with van der Waals surface area (Å²) in [5, 5.41) is 7.01. The van der Waals surface area contributed by atoms with Gasteiger partial charge in [0.2, 0.25) is 0 Å². The van der Waals surface area contributed by atoms with Crippen LogP contribution in [0.1, 0.15) is 0 Å². The Hall–Kier alpha value is 0.400. The van der Waals surface area contributed by atoms with Gasteiger partial charge in [0.1, 0.15) is 9.52 Å². The minimum Gasteiger partial charge on any atom is -0.477 e. The number of aliphatic carboxylic acids is 1. The average Bonchev–Trinajstić information content (AvgIpc) is 2.00. The van der Waals surface area contributed by atoms with E-state index in [2.05, 4.69) is 0 Å². The third-order valence-electron chi connectivity index (χ3n) is 0.739. The lowest BCUT2D eigenvalue weighted by atomic mass is 10.5. The minimum absolute atomic E-state index is 0.299. The van der Waals surface area contributed by atoms with Crippen molar-refractivity contribution >= 4 is 64.0 Å². The van der Waals surface area contributed by atoms with Crippen LogP contribution in [-0.4, -0.2) is 11.1 Å². The molecule has 0 aliphatic carbocycles. The molecule has 0 spiro atoms. The molecule has 12 heavy (non-hydrogen) atoms. The third-order valence-corrected chi connectivity index (χ3v) is 2.61. The average molecular weight is 270 g/mol. The smallest absolute Gasteiger partial charge is 0.348 e. The summed E-state index contributed by atoms with van der Waals surface area (Å²) in [6.45, 7) is 0. The molecule has 0 saturated heterocycles. The van der Waals surface area contributed by atoms with Crippen molar-refractivity contribution in [2.75, 3.05) is 0 Å². The van der Waals surface area contributed by atoms with Crippen molar-refractivity contribution < 1.29 is 9.90 Å². The molecule has 0 aliphatic rings. The Morgan fingerprint density at radius 2 is 1.25 bits per heavy atom. The molecule has 0 amide bonds. The Bertz CT molecular complexity index is 263. The fourth-order valence-electron chi connectivity index (χ4n) is 0.273. The largest absolute Gasteiger partial charge is 0.477 e. The lowest BCUT2D eigenvalue weighted by molar-refractivity contribution is -0.131. The molecule has 0 aliphatic heterocycles. The van der Waals surface area contributed by atoms with Gasteiger partial charge in [-0.15, -0.1) is 0 Å². The van der Waals surface area contributed by atoms with E-state index in [1.807, 2.05) is 0 Å². The number of carbonyl (C=O) groups is 1. The summed E-state index contributed by atoms with van der Waals surface area (Å²) in [5.41, 5.74) is 0. The fraction of sp³-hybridized carbons (Fsp3) is 0. The molecule has 0 fully saturated rings. The summed E-state index contributed by atoms with van der Waals surface area (Å²) >= 11 is 26.4. The SMILES string of the molecule is O=C(O)/C(Cl)=C(\Cl)C(Cl)=C(Cl)Cl. The molecule has 0 aromatic rings. The second kappa shape index (κ2) is 5.20. The summed E-state index contributed by atoms with van der Waals surface area (Å²) < 4.78 is -0.346. The number of hydrogen-bond donors (Lipinski definition) is 1. The number of carboxylic acids is 1. The molecule has 0 aromatic carbocycles. The lowest BCUT2D eigenvalue weighted by Crippen LogP contribution is -1.96. The molecule has 2 nitrogen and oxygen atoms in total. The van der Waals surface area contributed by atoms with Crippen molar-refractivity contribution in [3.8, 4) is 0 Å². The maximum atomic E-state index is 10.2. The summed E-state index contributed by atoms with van der Waals surface area (Å²) in [7, 11) is 0. The van der Waals surface area contributed by atoms with E-state index >= 15 is 0 Å². The number of hydrogen-bond acceptors (Lipinski definition) is 1. The predicted octanol–water partition coefficient (Wildman–Crippen LogP) is 3.65. The first-order valence-electron chi connectivity index (χ1n) is 2.37. The van der Waals surface area contributed by atoms with E-state index in [-0.39, 0.29) is 9.52 Å². The zero-order valence-electron chi connectivity index (χ0n) is 5.25. The molecule has 0 rings (SSSR count). The van der Waals surface area contributed by atoms with Crippen LogP contribution in [0.15, 0.2) is 19.6 Å². The summed E-state index contributed by atoms with van der Waals surface area (Å²) in [6.07, 6.45) is 0. The standard InChI is InChI=1S/C5HCl5O2/c6-1(2(7)4(9)10)3(8)5(11)12/h(H,11,12)/b3-1+. The lowest BCUT2D eigenvalue weighted by Gasteiger charge is -1.97. The van der Waals surface area contributed by atoms with Crippen LogP contribution in [-0.2, 0) is 4.79 Å². The first kappa shape index (κ1) is 12.4. The Labute approximate surface area is 93.3 Å². The Morgan fingerprint density at radius 3 is 1.50 bits per heavy atom. The molecule has 0 radical (unpaired) electrons. The molecule has 0 unspecified atom stereocenters. The van der Waals surface area contributed by atoms with Gasteiger partial charge >= 0.3 is 5.97 Å². The first-order valence-corrected chi connectivity index (χ1v) is 4.26. The second-order valence-electron chi connectivity index (χ2n) is 1.51. The summed E-state index contributed by atoms with van der Waals surface area (Å²) in [4.78, 5) is 10.2. The van der Waals surface area contributed by atoms with Crippen LogP contribution in [0, 0.1) is 0 Å². The number of carboxylic acid groups (broad SMARTS) is 1. The quantitative estimate of drug-likeness (QED) is 0.614. The van der Waals surface area contributed by atoms with Crippen molar-refractivity contribution in [1.82, 2.24) is 0 Å². The molecule has 7 heteroatoms. The van der Waals surface area contributed by atoms with Gasteiger partial charge in [-0.25, -0.2) is 4.79 Å². The van der Waals surface area contributed by atoms with E-state index in [1.54, 1.807) is 0 Å². The highest BCUT2D eigenvalue weighted by molar-refractivity contribution is 6.62. The Morgan fingerprint density at radius 1 is 0.833 bits per heavy atom. The monoisotopic (exact) mass is 268 g/mol. The van der Waals surface area contributed by atoms with Crippen LogP contribution in [0.4, 0.5) is 0 Å². The zero-order chi connectivity index (χ0) is 9.89. The van der Waals surface area contributed by atoms with Gasteiger partial charge in [-0.05, 0) is 0 Å². The highest BCUT2D eigenvalue weighted by Gasteiger charge is 2.14. The van der Waals surface area contributed by atoms with Crippen LogP contribution in [0.25, 0.3) is 0 Å². The van der Waals surface area contributed by atoms with Crippen LogP contribution < -0.4 is 0 Å². The van der Waals surface area contributed by atoms with Crippen molar-refractivity contribution in [1.29, 1.82) is 0 Å². The van der Waals surface area contributed by atoms with E-state index in [0.29, 0.717) is 0 Å². The molecule has 0 aromatic heterocycles.